The van der Waals surface area contributed by atoms with E-state index >= 15 is 0 Å². The van der Waals surface area contributed by atoms with Crippen molar-refractivity contribution in [3.8, 4) is 0 Å². The first-order chi connectivity index (χ1) is 35.0. The number of ether oxygens (including phenoxy) is 1. The first-order valence-corrected chi connectivity index (χ1v) is 32.1. The molecule has 0 rings (SSSR count). The Hall–Kier alpha value is -1.66. The maximum atomic E-state index is 12.5. The van der Waals surface area contributed by atoms with E-state index in [1.54, 1.807) is 0 Å². The highest BCUT2D eigenvalue weighted by Crippen LogP contribution is 2.18. The number of carbonyl (C=O) groups excluding carboxylic acids is 2. The molecule has 0 aromatic heterocycles. The summed E-state index contributed by atoms with van der Waals surface area (Å²) >= 11 is 0. The number of nitrogens with one attached hydrogen (secondary N) is 1. The highest BCUT2D eigenvalue weighted by Gasteiger charge is 2.20. The normalized spacial score (nSPS) is 12.7. The Bertz CT molecular complexity index is 1110. The molecule has 6 heteroatoms. The first kappa shape index (κ1) is 69.3. The quantitative estimate of drug-likeness (QED) is 0.0320. The van der Waals surface area contributed by atoms with Gasteiger partial charge >= 0.3 is 5.97 Å². The van der Waals surface area contributed by atoms with E-state index in [1.165, 1.54) is 270 Å². The van der Waals surface area contributed by atoms with Gasteiger partial charge in [-0.05, 0) is 57.8 Å². The van der Waals surface area contributed by atoms with E-state index in [4.69, 9.17) is 4.74 Å². The molecule has 0 aromatic carbocycles. The van der Waals surface area contributed by atoms with Gasteiger partial charge in [0.15, 0.2) is 0 Å². The highest BCUT2D eigenvalue weighted by molar-refractivity contribution is 5.76. The molecule has 0 bridgehead atoms. The largest absolute Gasteiger partial charge is 0.466 e. The number of aliphatic hydroxyl groups excluding tert-OH is 2. The number of amides is 1. The van der Waals surface area contributed by atoms with Crippen molar-refractivity contribution in [2.75, 3.05) is 13.2 Å². The molecular weight excluding hydrogens is 875 g/mol. The first-order valence-electron chi connectivity index (χ1n) is 32.1. The third-order valence-electron chi connectivity index (χ3n) is 15.0. The summed E-state index contributed by atoms with van der Waals surface area (Å²) in [6, 6.07) is -0.547. The number of aliphatic hydroxyl groups is 2. The standard InChI is InChI=1S/C65H125NO5/c1-3-5-7-9-11-13-15-17-19-21-22-23-24-26-29-33-37-41-45-49-53-57-63(68)62(61-67)66-64(69)58-54-50-46-42-38-34-30-27-25-28-32-36-40-44-48-52-56-60-71-65(70)59-55-51-47-43-39-35-31-20-18-16-14-12-10-8-6-4-2/h14,16,20,31,62-63,67-68H,3-13,15,17-19,21-30,32-61H2,1-2H3,(H,66,69)/b16-14-,31-20-. The minimum atomic E-state index is -0.669. The molecule has 0 aromatic rings. The Morgan fingerprint density at radius 3 is 1.08 bits per heavy atom. The Kier molecular flexibility index (Phi) is 59.5. The van der Waals surface area contributed by atoms with Crippen LogP contribution in [0.25, 0.3) is 0 Å². The molecule has 1 amide bonds. The zero-order valence-corrected chi connectivity index (χ0v) is 48.0. The van der Waals surface area contributed by atoms with Gasteiger partial charge in [-0.2, -0.15) is 0 Å². The summed E-state index contributed by atoms with van der Waals surface area (Å²) in [4.78, 5) is 24.6. The van der Waals surface area contributed by atoms with Crippen LogP contribution in [0.5, 0.6) is 0 Å². The third kappa shape index (κ3) is 57.5. The summed E-state index contributed by atoms with van der Waals surface area (Å²) in [5.41, 5.74) is 0. The van der Waals surface area contributed by atoms with Crippen LogP contribution in [0.2, 0.25) is 0 Å². The van der Waals surface area contributed by atoms with E-state index in [0.29, 0.717) is 25.9 Å². The predicted molar refractivity (Wildman–Crippen MR) is 310 cm³/mol. The summed E-state index contributed by atoms with van der Waals surface area (Å²) in [6.45, 7) is 4.95. The Labute approximate surface area is 443 Å². The molecule has 0 spiro atoms. The molecule has 0 radical (unpaired) electrons. The van der Waals surface area contributed by atoms with Crippen molar-refractivity contribution in [2.45, 2.75) is 366 Å². The lowest BCUT2D eigenvalue weighted by atomic mass is 10.0. The SMILES string of the molecule is CCCCCC/C=C\C/C=C\CCCCCCCC(=O)OCCCCCCCCCCCCCCCCCCCC(=O)NC(CO)C(O)CCCCCCCCCCCCCCCCCCCCCCC. The summed E-state index contributed by atoms with van der Waals surface area (Å²) in [5.74, 6) is -0.0443. The molecule has 0 aliphatic rings. The van der Waals surface area contributed by atoms with Crippen LogP contribution in [0.3, 0.4) is 0 Å². The number of allylic oxidation sites excluding steroid dienone is 4. The summed E-state index contributed by atoms with van der Waals surface area (Å²) in [7, 11) is 0. The van der Waals surface area contributed by atoms with Gasteiger partial charge in [0.1, 0.15) is 0 Å². The van der Waals surface area contributed by atoms with Gasteiger partial charge in [-0.25, -0.2) is 0 Å². The summed E-state index contributed by atoms with van der Waals surface area (Å²) in [5, 5.41) is 23.4. The van der Waals surface area contributed by atoms with Crippen LogP contribution >= 0.6 is 0 Å². The highest BCUT2D eigenvalue weighted by atomic mass is 16.5. The molecule has 6 nitrogen and oxygen atoms in total. The lowest BCUT2D eigenvalue weighted by molar-refractivity contribution is -0.143. The van der Waals surface area contributed by atoms with E-state index in [9.17, 15) is 19.8 Å². The average Bonchev–Trinajstić information content (AvgIpc) is 3.37. The molecule has 3 N–H and O–H groups in total. The molecule has 71 heavy (non-hydrogen) atoms. The number of hydrogen-bond donors (Lipinski definition) is 3. The molecule has 0 fully saturated rings. The van der Waals surface area contributed by atoms with Crippen molar-refractivity contribution in [1.29, 1.82) is 0 Å². The Morgan fingerprint density at radius 1 is 0.394 bits per heavy atom. The van der Waals surface area contributed by atoms with Crippen molar-refractivity contribution in [3.63, 3.8) is 0 Å². The molecule has 420 valence electrons. The average molecular weight is 1000 g/mol. The minimum Gasteiger partial charge on any atom is -0.466 e. The van der Waals surface area contributed by atoms with Gasteiger partial charge in [0, 0.05) is 12.8 Å². The second-order valence-corrected chi connectivity index (χ2v) is 22.1. The van der Waals surface area contributed by atoms with Crippen LogP contribution in [0.1, 0.15) is 354 Å². The second-order valence-electron chi connectivity index (χ2n) is 22.1. The molecule has 2 unspecified atom stereocenters. The van der Waals surface area contributed by atoms with Crippen LogP contribution in [-0.4, -0.2) is 47.4 Å². The lowest BCUT2D eigenvalue weighted by Gasteiger charge is -2.22. The van der Waals surface area contributed by atoms with Crippen LogP contribution in [0, 0.1) is 0 Å². The number of hydrogen-bond acceptors (Lipinski definition) is 5. The lowest BCUT2D eigenvalue weighted by Crippen LogP contribution is -2.45. The zero-order valence-electron chi connectivity index (χ0n) is 48.0. The predicted octanol–water partition coefficient (Wildman–Crippen LogP) is 20.2. The van der Waals surface area contributed by atoms with E-state index in [-0.39, 0.29) is 18.5 Å². The number of carbonyl (C=O) groups is 2. The fraction of sp³-hybridized carbons (Fsp3) is 0.908. The Balaban J connectivity index is 3.42. The third-order valence-corrected chi connectivity index (χ3v) is 15.0. The van der Waals surface area contributed by atoms with Crippen molar-refractivity contribution in [3.05, 3.63) is 24.3 Å². The van der Waals surface area contributed by atoms with Gasteiger partial charge in [-0.15, -0.1) is 0 Å². The molecular formula is C65H125NO5. The Morgan fingerprint density at radius 2 is 0.704 bits per heavy atom. The minimum absolute atomic E-state index is 0.00719. The van der Waals surface area contributed by atoms with Gasteiger partial charge in [0.2, 0.25) is 5.91 Å². The number of esters is 1. The topological polar surface area (TPSA) is 95.9 Å². The van der Waals surface area contributed by atoms with Crippen molar-refractivity contribution < 1.29 is 24.5 Å². The van der Waals surface area contributed by atoms with Crippen LogP contribution in [-0.2, 0) is 14.3 Å². The maximum absolute atomic E-state index is 12.5. The fourth-order valence-electron chi connectivity index (χ4n) is 10.1. The van der Waals surface area contributed by atoms with E-state index in [1.807, 2.05) is 0 Å². The van der Waals surface area contributed by atoms with E-state index in [2.05, 4.69) is 43.5 Å². The van der Waals surface area contributed by atoms with E-state index < -0.39 is 12.1 Å². The fourth-order valence-corrected chi connectivity index (χ4v) is 10.1. The van der Waals surface area contributed by atoms with Crippen LogP contribution < -0.4 is 5.32 Å². The molecule has 0 saturated heterocycles. The van der Waals surface area contributed by atoms with Gasteiger partial charge in [-0.3, -0.25) is 9.59 Å². The van der Waals surface area contributed by atoms with Crippen LogP contribution in [0.4, 0.5) is 0 Å². The monoisotopic (exact) mass is 1000 g/mol. The number of rotatable bonds is 60. The summed E-state index contributed by atoms with van der Waals surface area (Å²) < 4.78 is 5.48. The van der Waals surface area contributed by atoms with Gasteiger partial charge in [0.25, 0.3) is 0 Å². The van der Waals surface area contributed by atoms with Gasteiger partial charge in [0.05, 0.1) is 25.4 Å². The molecule has 2 atom stereocenters. The van der Waals surface area contributed by atoms with Gasteiger partial charge in [-0.1, -0.05) is 308 Å². The summed E-state index contributed by atoms with van der Waals surface area (Å²) in [6.07, 6.45) is 74.7. The van der Waals surface area contributed by atoms with E-state index in [0.717, 1.165) is 51.4 Å². The maximum Gasteiger partial charge on any atom is 0.305 e. The number of unbranched alkanes of at least 4 members (excludes halogenated alkanes) is 45. The van der Waals surface area contributed by atoms with Crippen molar-refractivity contribution in [2.24, 2.45) is 0 Å². The zero-order chi connectivity index (χ0) is 51.4. The second kappa shape index (κ2) is 60.9. The molecule has 0 aliphatic heterocycles. The van der Waals surface area contributed by atoms with Gasteiger partial charge < -0.3 is 20.3 Å². The van der Waals surface area contributed by atoms with Crippen molar-refractivity contribution >= 4 is 11.9 Å². The molecule has 0 heterocycles. The molecule has 0 saturated carbocycles. The van der Waals surface area contributed by atoms with Crippen LogP contribution in [0.15, 0.2) is 24.3 Å². The molecule has 0 aliphatic carbocycles. The smallest absolute Gasteiger partial charge is 0.305 e. The van der Waals surface area contributed by atoms with Crippen molar-refractivity contribution in [1.82, 2.24) is 5.32 Å².